The predicted octanol–water partition coefficient (Wildman–Crippen LogP) is 4.19. The molecule has 3 rings (SSSR count). The molecular weight excluding hydrogens is 272 g/mol. The van der Waals surface area contributed by atoms with E-state index in [1.807, 2.05) is 36.4 Å². The second kappa shape index (κ2) is 5.43. The quantitative estimate of drug-likeness (QED) is 0.781. The van der Waals surface area contributed by atoms with Crippen molar-refractivity contribution in [2.24, 2.45) is 0 Å². The number of ether oxygens (including phenoxy) is 2. The largest absolute Gasteiger partial charge is 0.508 e. The van der Waals surface area contributed by atoms with Gasteiger partial charge in [0.1, 0.15) is 23.9 Å². The lowest BCUT2D eigenvalue weighted by molar-refractivity contribution is 0.307. The van der Waals surface area contributed by atoms with Gasteiger partial charge in [-0.25, -0.2) is 0 Å². The summed E-state index contributed by atoms with van der Waals surface area (Å²) in [5, 5.41) is 10.5. The summed E-state index contributed by atoms with van der Waals surface area (Å²) < 4.78 is 12.1. The van der Waals surface area contributed by atoms with Crippen molar-refractivity contribution >= 4 is 21.4 Å². The molecule has 102 valence electrons. The molecule has 2 aromatic carbocycles. The highest BCUT2D eigenvalue weighted by molar-refractivity contribution is 7.19. The maximum absolute atomic E-state index is 9.46. The minimum Gasteiger partial charge on any atom is -0.508 e. The first kappa shape index (κ1) is 12.8. The molecular formula is C16H14O3S. The summed E-state index contributed by atoms with van der Waals surface area (Å²) in [6.45, 7) is 0.507. The Labute approximate surface area is 121 Å². The van der Waals surface area contributed by atoms with E-state index in [1.165, 1.54) is 0 Å². The topological polar surface area (TPSA) is 38.7 Å². The van der Waals surface area contributed by atoms with Gasteiger partial charge >= 0.3 is 0 Å². The summed E-state index contributed by atoms with van der Waals surface area (Å²) in [5.74, 6) is 1.85. The van der Waals surface area contributed by atoms with Crippen LogP contribution in [0.3, 0.4) is 0 Å². The molecule has 20 heavy (non-hydrogen) atoms. The van der Waals surface area contributed by atoms with Crippen LogP contribution in [0.5, 0.6) is 17.2 Å². The van der Waals surface area contributed by atoms with Gasteiger partial charge in [-0.3, -0.25) is 0 Å². The molecule has 3 aromatic rings. The molecule has 0 aliphatic rings. The maximum Gasteiger partial charge on any atom is 0.123 e. The van der Waals surface area contributed by atoms with Crippen molar-refractivity contribution in [3.8, 4) is 17.2 Å². The molecule has 0 saturated carbocycles. The first-order valence-corrected chi connectivity index (χ1v) is 7.04. The van der Waals surface area contributed by atoms with E-state index in [1.54, 1.807) is 30.6 Å². The van der Waals surface area contributed by atoms with Gasteiger partial charge in [0.25, 0.3) is 0 Å². The Bertz CT molecular complexity index is 733. The van der Waals surface area contributed by atoms with Crippen LogP contribution in [0.2, 0.25) is 0 Å². The molecule has 0 unspecified atom stereocenters. The average Bonchev–Trinajstić information content (AvgIpc) is 2.87. The van der Waals surface area contributed by atoms with Crippen LogP contribution in [0, 0.1) is 0 Å². The highest BCUT2D eigenvalue weighted by Crippen LogP contribution is 2.29. The fourth-order valence-electron chi connectivity index (χ4n) is 2.00. The highest BCUT2D eigenvalue weighted by Gasteiger charge is 2.04. The van der Waals surface area contributed by atoms with Crippen molar-refractivity contribution < 1.29 is 14.6 Å². The van der Waals surface area contributed by atoms with Gasteiger partial charge in [-0.15, -0.1) is 11.3 Å². The van der Waals surface area contributed by atoms with Gasteiger partial charge in [0.05, 0.1) is 7.11 Å². The Morgan fingerprint density at radius 1 is 1.05 bits per heavy atom. The number of methoxy groups -OCH3 is 1. The highest BCUT2D eigenvalue weighted by atomic mass is 32.1. The number of phenols is 1. The van der Waals surface area contributed by atoms with Gasteiger partial charge in [-0.2, -0.15) is 0 Å². The maximum atomic E-state index is 9.46. The Kier molecular flexibility index (Phi) is 3.48. The van der Waals surface area contributed by atoms with Gasteiger partial charge in [0.2, 0.25) is 0 Å². The zero-order valence-electron chi connectivity index (χ0n) is 11.0. The summed E-state index contributed by atoms with van der Waals surface area (Å²) in [6.07, 6.45) is 0. The Hall–Kier alpha value is -2.20. The SMILES string of the molecule is COc1cccc(OCc2cc3cc(O)ccc3s2)c1. The molecule has 0 aliphatic carbocycles. The van der Waals surface area contributed by atoms with Crippen LogP contribution in [-0.4, -0.2) is 12.2 Å². The van der Waals surface area contributed by atoms with E-state index in [9.17, 15) is 5.11 Å². The van der Waals surface area contributed by atoms with Crippen LogP contribution in [0.4, 0.5) is 0 Å². The summed E-state index contributed by atoms with van der Waals surface area (Å²) in [4.78, 5) is 1.12. The van der Waals surface area contributed by atoms with Crippen LogP contribution >= 0.6 is 11.3 Å². The minimum absolute atomic E-state index is 0.288. The van der Waals surface area contributed by atoms with E-state index in [0.717, 1.165) is 26.5 Å². The fourth-order valence-corrected chi connectivity index (χ4v) is 2.96. The number of hydrogen-bond donors (Lipinski definition) is 1. The van der Waals surface area contributed by atoms with Gasteiger partial charge < -0.3 is 14.6 Å². The molecule has 0 aliphatic heterocycles. The molecule has 0 fully saturated rings. The number of phenolic OH excluding ortho intramolecular Hbond substituents is 1. The second-order valence-electron chi connectivity index (χ2n) is 4.40. The summed E-state index contributed by atoms with van der Waals surface area (Å²) in [7, 11) is 1.64. The molecule has 0 amide bonds. The van der Waals surface area contributed by atoms with Crippen LogP contribution in [0.1, 0.15) is 4.88 Å². The number of fused-ring (bicyclic) bond motifs is 1. The van der Waals surface area contributed by atoms with Crippen molar-refractivity contribution in [3.63, 3.8) is 0 Å². The average molecular weight is 286 g/mol. The summed E-state index contributed by atoms with van der Waals surface area (Å²) in [6, 6.07) is 15.0. The van der Waals surface area contributed by atoms with E-state index < -0.39 is 0 Å². The first-order valence-electron chi connectivity index (χ1n) is 6.23. The van der Waals surface area contributed by atoms with Crippen molar-refractivity contribution in [3.05, 3.63) is 53.4 Å². The number of benzene rings is 2. The van der Waals surface area contributed by atoms with Crippen molar-refractivity contribution in [1.29, 1.82) is 0 Å². The molecule has 1 aromatic heterocycles. The molecule has 0 atom stereocenters. The zero-order valence-corrected chi connectivity index (χ0v) is 11.8. The number of aromatic hydroxyl groups is 1. The lowest BCUT2D eigenvalue weighted by Crippen LogP contribution is -1.93. The first-order chi connectivity index (χ1) is 9.74. The third-order valence-electron chi connectivity index (χ3n) is 2.97. The van der Waals surface area contributed by atoms with Crippen LogP contribution < -0.4 is 9.47 Å². The fraction of sp³-hybridized carbons (Fsp3) is 0.125. The van der Waals surface area contributed by atoms with Crippen LogP contribution in [0.25, 0.3) is 10.1 Å². The van der Waals surface area contributed by atoms with E-state index in [4.69, 9.17) is 9.47 Å². The summed E-state index contributed by atoms with van der Waals surface area (Å²) in [5.41, 5.74) is 0. The lowest BCUT2D eigenvalue weighted by Gasteiger charge is -2.06. The van der Waals surface area contributed by atoms with Gasteiger partial charge in [0.15, 0.2) is 0 Å². The lowest BCUT2D eigenvalue weighted by atomic mass is 10.2. The van der Waals surface area contributed by atoms with Crippen molar-refractivity contribution in [1.82, 2.24) is 0 Å². The van der Waals surface area contributed by atoms with Crippen molar-refractivity contribution in [2.75, 3.05) is 7.11 Å². The number of hydrogen-bond acceptors (Lipinski definition) is 4. The van der Waals surface area contributed by atoms with E-state index in [2.05, 4.69) is 0 Å². The number of rotatable bonds is 4. The third-order valence-corrected chi connectivity index (χ3v) is 4.06. The Balaban J connectivity index is 1.76. The summed E-state index contributed by atoms with van der Waals surface area (Å²) >= 11 is 1.67. The molecule has 1 N–H and O–H groups in total. The molecule has 0 radical (unpaired) electrons. The molecule has 3 nitrogen and oxygen atoms in total. The normalized spacial score (nSPS) is 10.7. The van der Waals surface area contributed by atoms with Crippen molar-refractivity contribution in [2.45, 2.75) is 6.61 Å². The van der Waals surface area contributed by atoms with Crippen LogP contribution in [-0.2, 0) is 6.61 Å². The zero-order chi connectivity index (χ0) is 13.9. The third kappa shape index (κ3) is 2.70. The molecule has 1 heterocycles. The molecule has 0 saturated heterocycles. The number of thiophene rings is 1. The standard InChI is InChI=1S/C16H14O3S/c1-18-13-3-2-4-14(9-13)19-10-15-8-11-7-12(17)5-6-16(11)20-15/h2-9,17H,10H2,1H3. The monoisotopic (exact) mass is 286 g/mol. The smallest absolute Gasteiger partial charge is 0.123 e. The van der Waals surface area contributed by atoms with E-state index >= 15 is 0 Å². The second-order valence-corrected chi connectivity index (χ2v) is 5.57. The molecule has 0 bridgehead atoms. The predicted molar refractivity (Wildman–Crippen MR) is 80.8 cm³/mol. The van der Waals surface area contributed by atoms with Gasteiger partial charge in [-0.1, -0.05) is 6.07 Å². The van der Waals surface area contributed by atoms with E-state index in [-0.39, 0.29) is 5.75 Å². The Morgan fingerprint density at radius 3 is 2.75 bits per heavy atom. The Morgan fingerprint density at radius 2 is 1.90 bits per heavy atom. The van der Waals surface area contributed by atoms with Gasteiger partial charge in [0, 0.05) is 15.6 Å². The van der Waals surface area contributed by atoms with E-state index in [0.29, 0.717) is 6.61 Å². The minimum atomic E-state index is 0.288. The van der Waals surface area contributed by atoms with Gasteiger partial charge in [-0.05, 0) is 41.8 Å². The molecule has 4 heteroatoms. The van der Waals surface area contributed by atoms with Crippen LogP contribution in [0.15, 0.2) is 48.5 Å². The molecule has 0 spiro atoms.